The number of aliphatic hydroxyl groups is 1. The second-order valence-electron chi connectivity index (χ2n) is 4.24. The first-order valence-corrected chi connectivity index (χ1v) is 6.42. The molecular weight excluding hydrogens is 198 g/mol. The maximum Gasteiger partial charge on any atom is 0.221 e. The van der Waals surface area contributed by atoms with Gasteiger partial charge >= 0.3 is 0 Å². The number of thioether (sulfide) groups is 1. The van der Waals surface area contributed by atoms with E-state index in [1.165, 1.54) is 0 Å². The lowest BCUT2D eigenvalue weighted by Crippen LogP contribution is -2.59. The quantitative estimate of drug-likeness (QED) is 0.723. The smallest absolute Gasteiger partial charge is 0.221 e. The van der Waals surface area contributed by atoms with Gasteiger partial charge in [-0.3, -0.25) is 4.79 Å². The summed E-state index contributed by atoms with van der Waals surface area (Å²) in [6, 6.07) is 0. The van der Waals surface area contributed by atoms with Crippen LogP contribution in [0.15, 0.2) is 0 Å². The summed E-state index contributed by atoms with van der Waals surface area (Å²) in [5.41, 5.74) is -0.297. The fraction of sp³-hybridized carbons (Fsp3) is 0.900. The number of hydrogen-bond acceptors (Lipinski definition) is 3. The van der Waals surface area contributed by atoms with Crippen LogP contribution >= 0.6 is 11.8 Å². The van der Waals surface area contributed by atoms with Gasteiger partial charge < -0.3 is 10.4 Å². The number of amides is 1. The highest BCUT2D eigenvalue weighted by Crippen LogP contribution is 2.36. The Morgan fingerprint density at radius 2 is 2.29 bits per heavy atom. The van der Waals surface area contributed by atoms with Crippen molar-refractivity contribution in [1.29, 1.82) is 0 Å². The summed E-state index contributed by atoms with van der Waals surface area (Å²) in [7, 11) is 0. The van der Waals surface area contributed by atoms with E-state index in [0.717, 1.165) is 18.6 Å². The molecule has 0 saturated heterocycles. The van der Waals surface area contributed by atoms with Gasteiger partial charge in [-0.15, -0.1) is 0 Å². The maximum atomic E-state index is 11.4. The third-order valence-corrected chi connectivity index (χ3v) is 3.33. The molecule has 2 N–H and O–H groups in total. The van der Waals surface area contributed by atoms with Crippen LogP contribution in [-0.4, -0.2) is 35.2 Å². The molecule has 1 rings (SSSR count). The zero-order valence-corrected chi connectivity index (χ0v) is 9.69. The molecule has 0 aliphatic heterocycles. The molecule has 3 nitrogen and oxygen atoms in total. The first-order valence-electron chi connectivity index (χ1n) is 5.03. The average Bonchev–Trinajstić information content (AvgIpc) is 2.11. The van der Waals surface area contributed by atoms with Gasteiger partial charge in [0.2, 0.25) is 5.91 Å². The summed E-state index contributed by atoms with van der Waals surface area (Å²) in [5.74, 6) is 1.55. The van der Waals surface area contributed by atoms with E-state index in [2.05, 4.69) is 12.2 Å². The van der Waals surface area contributed by atoms with Crippen molar-refractivity contribution in [3.8, 4) is 0 Å². The standard InChI is InChI=1S/C10H19NO2S/c1-8-5-10(6-8,7-12)11-9(13)3-4-14-2/h8,12H,3-7H2,1-2H3,(H,11,13). The molecular formula is C10H19NO2S. The van der Waals surface area contributed by atoms with Crippen molar-refractivity contribution in [2.75, 3.05) is 18.6 Å². The summed E-state index contributed by atoms with van der Waals surface area (Å²) >= 11 is 1.67. The molecule has 0 atom stereocenters. The highest BCUT2D eigenvalue weighted by Gasteiger charge is 2.42. The monoisotopic (exact) mass is 217 g/mol. The number of aliphatic hydroxyl groups excluding tert-OH is 1. The van der Waals surface area contributed by atoms with Crippen LogP contribution < -0.4 is 5.32 Å². The first kappa shape index (κ1) is 11.9. The molecule has 1 saturated carbocycles. The normalized spacial score (nSPS) is 30.9. The molecule has 0 aromatic heterocycles. The van der Waals surface area contributed by atoms with Crippen molar-refractivity contribution < 1.29 is 9.90 Å². The third-order valence-electron chi connectivity index (χ3n) is 2.72. The molecule has 0 spiro atoms. The molecule has 0 aromatic carbocycles. The molecule has 1 aliphatic carbocycles. The fourth-order valence-electron chi connectivity index (χ4n) is 2.10. The molecule has 0 heterocycles. The van der Waals surface area contributed by atoms with Gasteiger partial charge in [-0.05, 0) is 25.0 Å². The van der Waals surface area contributed by atoms with Gasteiger partial charge in [0.05, 0.1) is 12.1 Å². The molecule has 1 aliphatic rings. The minimum Gasteiger partial charge on any atom is -0.394 e. The maximum absolute atomic E-state index is 11.4. The average molecular weight is 217 g/mol. The minimum absolute atomic E-state index is 0.0697. The first-order chi connectivity index (χ1) is 6.62. The summed E-state index contributed by atoms with van der Waals surface area (Å²) in [6.07, 6.45) is 4.36. The van der Waals surface area contributed by atoms with Gasteiger partial charge in [-0.2, -0.15) is 11.8 Å². The lowest BCUT2D eigenvalue weighted by Gasteiger charge is -2.45. The van der Waals surface area contributed by atoms with Crippen molar-refractivity contribution in [3.05, 3.63) is 0 Å². The Hall–Kier alpha value is -0.220. The second-order valence-corrected chi connectivity index (χ2v) is 5.23. The van der Waals surface area contributed by atoms with Crippen molar-refractivity contribution in [3.63, 3.8) is 0 Å². The fourth-order valence-corrected chi connectivity index (χ4v) is 2.49. The van der Waals surface area contributed by atoms with Crippen LogP contribution in [0.25, 0.3) is 0 Å². The third kappa shape index (κ3) is 2.89. The van der Waals surface area contributed by atoms with Crippen LogP contribution in [0, 0.1) is 5.92 Å². The van der Waals surface area contributed by atoms with Crippen LogP contribution in [0.1, 0.15) is 26.2 Å². The highest BCUT2D eigenvalue weighted by atomic mass is 32.2. The Labute approximate surface area is 89.6 Å². The predicted molar refractivity (Wildman–Crippen MR) is 59.4 cm³/mol. The molecule has 14 heavy (non-hydrogen) atoms. The van der Waals surface area contributed by atoms with Crippen LogP contribution in [-0.2, 0) is 4.79 Å². The van der Waals surface area contributed by atoms with Gasteiger partial charge in [-0.25, -0.2) is 0 Å². The Morgan fingerprint density at radius 3 is 2.71 bits per heavy atom. The SMILES string of the molecule is CSCCC(=O)NC1(CO)CC(C)C1. The van der Waals surface area contributed by atoms with Crippen LogP contribution in [0.5, 0.6) is 0 Å². The van der Waals surface area contributed by atoms with E-state index in [4.69, 9.17) is 0 Å². The predicted octanol–water partition coefficient (Wildman–Crippen LogP) is 1.02. The van der Waals surface area contributed by atoms with E-state index in [0.29, 0.717) is 12.3 Å². The van der Waals surface area contributed by atoms with E-state index < -0.39 is 0 Å². The van der Waals surface area contributed by atoms with Crippen molar-refractivity contribution in [1.82, 2.24) is 5.32 Å². The van der Waals surface area contributed by atoms with E-state index in [-0.39, 0.29) is 18.1 Å². The zero-order valence-electron chi connectivity index (χ0n) is 8.88. The van der Waals surface area contributed by atoms with E-state index in [1.807, 2.05) is 6.26 Å². The lowest BCUT2D eigenvalue weighted by atomic mass is 9.69. The lowest BCUT2D eigenvalue weighted by molar-refractivity contribution is -0.125. The minimum atomic E-state index is -0.297. The van der Waals surface area contributed by atoms with Crippen LogP contribution in [0.3, 0.4) is 0 Å². The summed E-state index contributed by atoms with van der Waals surface area (Å²) in [5, 5.41) is 12.2. The number of hydrogen-bond donors (Lipinski definition) is 2. The largest absolute Gasteiger partial charge is 0.394 e. The molecule has 0 unspecified atom stereocenters. The number of carbonyl (C=O) groups is 1. The van der Waals surface area contributed by atoms with Gasteiger partial charge in [0, 0.05) is 12.2 Å². The Kier molecular flexibility index (Phi) is 4.26. The zero-order chi connectivity index (χ0) is 10.6. The molecule has 82 valence electrons. The van der Waals surface area contributed by atoms with Gasteiger partial charge in [0.1, 0.15) is 0 Å². The number of rotatable bonds is 5. The van der Waals surface area contributed by atoms with Crippen LogP contribution in [0.4, 0.5) is 0 Å². The van der Waals surface area contributed by atoms with E-state index in [1.54, 1.807) is 11.8 Å². The number of nitrogens with one attached hydrogen (secondary N) is 1. The van der Waals surface area contributed by atoms with Gasteiger partial charge in [-0.1, -0.05) is 6.92 Å². The Morgan fingerprint density at radius 1 is 1.64 bits per heavy atom. The van der Waals surface area contributed by atoms with Crippen molar-refractivity contribution in [2.45, 2.75) is 31.7 Å². The Bertz CT molecular complexity index is 202. The highest BCUT2D eigenvalue weighted by molar-refractivity contribution is 7.98. The topological polar surface area (TPSA) is 49.3 Å². The molecule has 4 heteroatoms. The van der Waals surface area contributed by atoms with Gasteiger partial charge in [0.15, 0.2) is 0 Å². The van der Waals surface area contributed by atoms with Crippen molar-refractivity contribution >= 4 is 17.7 Å². The summed E-state index contributed by atoms with van der Waals surface area (Å²) in [6.45, 7) is 2.21. The molecule has 0 aromatic rings. The summed E-state index contributed by atoms with van der Waals surface area (Å²) in [4.78, 5) is 11.4. The molecule has 0 bridgehead atoms. The Balaban J connectivity index is 2.30. The number of carbonyl (C=O) groups excluding carboxylic acids is 1. The van der Waals surface area contributed by atoms with Gasteiger partial charge in [0.25, 0.3) is 0 Å². The molecule has 0 radical (unpaired) electrons. The summed E-state index contributed by atoms with van der Waals surface area (Å²) < 4.78 is 0. The molecule has 1 fully saturated rings. The molecule has 1 amide bonds. The van der Waals surface area contributed by atoms with E-state index >= 15 is 0 Å². The second kappa shape index (κ2) is 5.03. The van der Waals surface area contributed by atoms with E-state index in [9.17, 15) is 9.90 Å². The van der Waals surface area contributed by atoms with Crippen LogP contribution in [0.2, 0.25) is 0 Å². The van der Waals surface area contributed by atoms with Crippen molar-refractivity contribution in [2.24, 2.45) is 5.92 Å².